The predicted molar refractivity (Wildman–Crippen MR) is 109 cm³/mol. The van der Waals surface area contributed by atoms with Crippen LogP contribution in [0.5, 0.6) is 5.75 Å². The van der Waals surface area contributed by atoms with Gasteiger partial charge in [0.25, 0.3) is 0 Å². The van der Waals surface area contributed by atoms with Gasteiger partial charge >= 0.3 is 69.2 Å². The van der Waals surface area contributed by atoms with E-state index in [-0.39, 0.29) is 59.1 Å². The monoisotopic (exact) mass is 390 g/mol. The van der Waals surface area contributed by atoms with Crippen LogP contribution in [0.3, 0.4) is 0 Å². The first-order valence-electron chi connectivity index (χ1n) is 8.72. The Morgan fingerprint density at radius 2 is 1.36 bits per heavy atom. The first kappa shape index (κ1) is 28.1. The molecule has 0 aliphatic rings. The van der Waals surface area contributed by atoms with Gasteiger partial charge in [0.15, 0.2) is 0 Å². The van der Waals surface area contributed by atoms with E-state index in [1.165, 1.54) is 38.5 Å². The summed E-state index contributed by atoms with van der Waals surface area (Å²) in [6.07, 6.45) is 10.8. The van der Waals surface area contributed by atoms with Crippen LogP contribution in [0, 0.1) is 0 Å². The van der Waals surface area contributed by atoms with Crippen molar-refractivity contribution in [3.8, 4) is 5.75 Å². The van der Waals surface area contributed by atoms with Crippen LogP contribution in [0.1, 0.15) is 71.1 Å². The van der Waals surface area contributed by atoms with Crippen molar-refractivity contribution in [1.29, 1.82) is 0 Å². The van der Waals surface area contributed by atoms with Gasteiger partial charge in [0.1, 0.15) is 5.75 Å². The molecular formula is C18H32Na2O4S. The molecule has 0 spiro atoms. The molecule has 0 fully saturated rings. The number of ether oxygens (including phenoxy) is 1. The summed E-state index contributed by atoms with van der Waals surface area (Å²) in [6, 6.07) is 8.75. The number of unbranched alkanes of at least 4 members (excludes halogenated alkanes) is 8. The number of hydrogen-bond acceptors (Lipinski definition) is 3. The van der Waals surface area contributed by atoms with Gasteiger partial charge in [0.2, 0.25) is 5.44 Å². The summed E-state index contributed by atoms with van der Waals surface area (Å²) in [5.41, 5.74) is -1.17. The van der Waals surface area contributed by atoms with Gasteiger partial charge < -0.3 is 4.74 Å². The minimum atomic E-state index is -4.19. The third kappa shape index (κ3) is 14.6. The summed E-state index contributed by atoms with van der Waals surface area (Å²) in [6.45, 7) is 2.21. The Bertz CT molecular complexity index is 509. The van der Waals surface area contributed by atoms with Crippen LogP contribution in [-0.4, -0.2) is 77.5 Å². The number of rotatable bonds is 13. The van der Waals surface area contributed by atoms with Crippen LogP contribution in [0.25, 0.3) is 0 Å². The van der Waals surface area contributed by atoms with Crippen LogP contribution in [0.4, 0.5) is 0 Å². The van der Waals surface area contributed by atoms with Crippen LogP contribution in [-0.2, 0) is 10.1 Å². The zero-order valence-corrected chi connectivity index (χ0v) is 14.9. The molecule has 0 aromatic heterocycles. The van der Waals surface area contributed by atoms with E-state index >= 15 is 0 Å². The molecule has 0 heterocycles. The predicted octanol–water partition coefficient (Wildman–Crippen LogP) is 3.90. The molecule has 0 aliphatic heterocycles. The van der Waals surface area contributed by atoms with Gasteiger partial charge in [-0.15, -0.1) is 0 Å². The van der Waals surface area contributed by atoms with Crippen LogP contribution in [0.2, 0.25) is 0 Å². The Morgan fingerprint density at radius 1 is 0.880 bits per heavy atom. The summed E-state index contributed by atoms with van der Waals surface area (Å²) in [5.74, 6) is 0.464. The third-order valence-electron chi connectivity index (χ3n) is 3.89. The second-order valence-corrected chi connectivity index (χ2v) is 7.55. The molecule has 4 nitrogen and oxygen atoms in total. The van der Waals surface area contributed by atoms with Gasteiger partial charge in [-0.25, -0.2) is 0 Å². The zero-order chi connectivity index (χ0) is 17.0. The fourth-order valence-corrected chi connectivity index (χ4v) is 3.24. The SMILES string of the molecule is CCCCCCCCCCCC(Oc1ccccc1)S(=O)(=O)O.[NaH].[NaH]. The summed E-state index contributed by atoms with van der Waals surface area (Å²) in [4.78, 5) is 0. The molecule has 1 aromatic rings. The second kappa shape index (κ2) is 17.1. The molecule has 0 saturated carbocycles. The summed E-state index contributed by atoms with van der Waals surface area (Å²) in [7, 11) is -4.19. The number of para-hydroxylation sites is 1. The van der Waals surface area contributed by atoms with E-state index in [4.69, 9.17) is 4.74 Å². The van der Waals surface area contributed by atoms with Gasteiger partial charge in [0.05, 0.1) is 0 Å². The molecule has 0 saturated heterocycles. The molecule has 1 rings (SSSR count). The van der Waals surface area contributed by atoms with Crippen molar-refractivity contribution in [2.45, 2.75) is 76.6 Å². The average Bonchev–Trinajstić information content (AvgIpc) is 2.52. The topological polar surface area (TPSA) is 63.6 Å². The minimum absolute atomic E-state index is 0. The van der Waals surface area contributed by atoms with Gasteiger partial charge in [-0.05, 0) is 18.6 Å². The fourth-order valence-electron chi connectivity index (χ4n) is 2.54. The standard InChI is InChI=1S/C18H30O4S.2Na.2H/c1-2-3-4-5-6-7-8-9-13-16-18(23(19,20)21)22-17-14-11-10-12-15-17;;;;/h10-12,14-15,18H,2-9,13,16H2,1H3,(H,19,20,21);;;;. The van der Waals surface area contributed by atoms with Crippen molar-refractivity contribution in [2.75, 3.05) is 0 Å². The van der Waals surface area contributed by atoms with E-state index in [1.54, 1.807) is 24.3 Å². The molecule has 1 unspecified atom stereocenters. The van der Waals surface area contributed by atoms with E-state index in [9.17, 15) is 13.0 Å². The summed E-state index contributed by atoms with van der Waals surface area (Å²) >= 11 is 0. The van der Waals surface area contributed by atoms with E-state index < -0.39 is 15.6 Å². The van der Waals surface area contributed by atoms with Crippen molar-refractivity contribution >= 4 is 69.2 Å². The number of benzene rings is 1. The molecule has 0 radical (unpaired) electrons. The van der Waals surface area contributed by atoms with Gasteiger partial charge in [-0.3, -0.25) is 4.55 Å². The first-order chi connectivity index (χ1) is 11.0. The van der Waals surface area contributed by atoms with Crippen LogP contribution >= 0.6 is 0 Å². The van der Waals surface area contributed by atoms with Gasteiger partial charge in [0, 0.05) is 6.42 Å². The van der Waals surface area contributed by atoms with Crippen molar-refractivity contribution < 1.29 is 17.7 Å². The molecule has 25 heavy (non-hydrogen) atoms. The summed E-state index contributed by atoms with van der Waals surface area (Å²) < 4.78 is 37.6. The van der Waals surface area contributed by atoms with E-state index in [0.717, 1.165) is 19.3 Å². The molecule has 1 N–H and O–H groups in total. The Balaban J connectivity index is 0. The van der Waals surface area contributed by atoms with E-state index in [1.807, 2.05) is 6.07 Å². The van der Waals surface area contributed by atoms with Crippen molar-refractivity contribution in [3.05, 3.63) is 30.3 Å². The first-order valence-corrected chi connectivity index (χ1v) is 10.2. The van der Waals surface area contributed by atoms with Gasteiger partial charge in [-0.2, -0.15) is 8.42 Å². The Labute approximate surface area is 197 Å². The Hall–Kier alpha value is 0.930. The molecule has 136 valence electrons. The quantitative estimate of drug-likeness (QED) is 0.315. The van der Waals surface area contributed by atoms with E-state index in [0.29, 0.717) is 12.2 Å². The Kier molecular flexibility index (Phi) is 19.2. The fraction of sp³-hybridized carbons (Fsp3) is 0.667. The molecule has 1 aromatic carbocycles. The van der Waals surface area contributed by atoms with Crippen molar-refractivity contribution in [3.63, 3.8) is 0 Å². The normalized spacial score (nSPS) is 11.9. The van der Waals surface area contributed by atoms with Crippen molar-refractivity contribution in [1.82, 2.24) is 0 Å². The van der Waals surface area contributed by atoms with E-state index in [2.05, 4.69) is 6.92 Å². The zero-order valence-electron chi connectivity index (χ0n) is 14.1. The average molecular weight is 390 g/mol. The maximum absolute atomic E-state index is 11.4. The summed E-state index contributed by atoms with van der Waals surface area (Å²) in [5, 5.41) is 0. The number of hydrogen-bond donors (Lipinski definition) is 1. The molecule has 0 amide bonds. The third-order valence-corrected chi connectivity index (χ3v) is 4.88. The van der Waals surface area contributed by atoms with Crippen molar-refractivity contribution in [2.24, 2.45) is 0 Å². The Morgan fingerprint density at radius 3 is 1.84 bits per heavy atom. The molecule has 0 aliphatic carbocycles. The van der Waals surface area contributed by atoms with Crippen LogP contribution in [0.15, 0.2) is 30.3 Å². The van der Waals surface area contributed by atoms with Gasteiger partial charge in [-0.1, -0.05) is 76.5 Å². The molecule has 1 atom stereocenters. The molecule has 0 bridgehead atoms. The molecular weight excluding hydrogens is 358 g/mol. The van der Waals surface area contributed by atoms with Crippen LogP contribution < -0.4 is 4.74 Å². The molecule has 7 heteroatoms. The maximum atomic E-state index is 11.4. The second-order valence-electron chi connectivity index (χ2n) is 5.99.